The zero-order valence-electron chi connectivity index (χ0n) is 27.0. The summed E-state index contributed by atoms with van der Waals surface area (Å²) in [6, 6.07) is 9.79. The molecule has 46 heavy (non-hydrogen) atoms. The number of carboxylic acids is 1. The smallest absolute Gasteiger partial charge is 0.339 e. The highest BCUT2D eigenvalue weighted by atomic mass is 127. The fourth-order valence-corrected chi connectivity index (χ4v) is 8.66. The number of carbonyl (C=O) groups excluding carboxylic acids is 2. The number of aliphatic carboxylic acids is 1. The Kier molecular flexibility index (Phi) is 9.24. The third-order valence-corrected chi connectivity index (χ3v) is 10.8. The van der Waals surface area contributed by atoms with Gasteiger partial charge in [0, 0.05) is 47.8 Å². The maximum absolute atomic E-state index is 14.1. The van der Waals surface area contributed by atoms with Crippen LogP contribution in [-0.2, 0) is 24.5 Å². The molecule has 0 bridgehead atoms. The standard InChI is InChI=1S/C35H40INO8S/c1-7-44-28-15-21(14-23(36)33(28)45-46(42,43)22-10-8-20(2)9-11-22)30-31-24(16-34(3,4)18-26(31)38)37(13-12-29(40)41)25-17-35(5,6)19-27(39)32(25)30/h8-11,14-15,30H,7,12-13,16-19H2,1-6H3,(H,40,41). The van der Waals surface area contributed by atoms with Crippen LogP contribution in [0.1, 0.15) is 83.8 Å². The molecule has 3 aliphatic rings. The predicted molar refractivity (Wildman–Crippen MR) is 181 cm³/mol. The van der Waals surface area contributed by atoms with Gasteiger partial charge in [0.1, 0.15) is 4.90 Å². The van der Waals surface area contributed by atoms with Crippen LogP contribution in [0, 0.1) is 21.3 Å². The molecule has 9 nitrogen and oxygen atoms in total. The van der Waals surface area contributed by atoms with E-state index in [0.717, 1.165) is 17.0 Å². The maximum atomic E-state index is 14.1. The number of allylic oxidation sites excluding steroid dienone is 4. The van der Waals surface area contributed by atoms with Crippen LogP contribution in [0.3, 0.4) is 0 Å². The van der Waals surface area contributed by atoms with Crippen molar-refractivity contribution in [1.29, 1.82) is 0 Å². The number of hydrogen-bond acceptors (Lipinski definition) is 8. The van der Waals surface area contributed by atoms with Gasteiger partial charge < -0.3 is 18.9 Å². The second-order valence-electron chi connectivity index (χ2n) is 13.9. The lowest BCUT2D eigenvalue weighted by atomic mass is 9.63. The molecule has 1 aliphatic heterocycles. The third-order valence-electron chi connectivity index (χ3n) is 8.74. The van der Waals surface area contributed by atoms with Crippen molar-refractivity contribution in [3.05, 3.63) is 73.6 Å². The summed E-state index contributed by atoms with van der Waals surface area (Å²) in [5.41, 5.74) is 3.31. The number of halogens is 1. The first-order chi connectivity index (χ1) is 21.4. The van der Waals surface area contributed by atoms with Crippen LogP contribution in [0.15, 0.2) is 63.8 Å². The Morgan fingerprint density at radius 2 is 1.50 bits per heavy atom. The van der Waals surface area contributed by atoms with Crippen molar-refractivity contribution in [2.75, 3.05) is 13.2 Å². The summed E-state index contributed by atoms with van der Waals surface area (Å²) < 4.78 is 38.7. The first-order valence-corrected chi connectivity index (χ1v) is 17.9. The van der Waals surface area contributed by atoms with Gasteiger partial charge in [-0.15, -0.1) is 0 Å². The topological polar surface area (TPSA) is 127 Å². The fourth-order valence-electron chi connectivity index (χ4n) is 6.82. The minimum Gasteiger partial charge on any atom is -0.490 e. The summed E-state index contributed by atoms with van der Waals surface area (Å²) in [6.07, 6.45) is 1.50. The van der Waals surface area contributed by atoms with Crippen LogP contribution >= 0.6 is 22.6 Å². The maximum Gasteiger partial charge on any atom is 0.339 e. The molecule has 0 fully saturated rings. The van der Waals surface area contributed by atoms with Gasteiger partial charge in [0.05, 0.1) is 16.6 Å². The molecule has 2 aliphatic carbocycles. The molecule has 0 amide bonds. The Labute approximate surface area is 284 Å². The third kappa shape index (κ3) is 6.76. The molecule has 1 N–H and O–H groups in total. The zero-order chi connectivity index (χ0) is 33.8. The average molecular weight is 762 g/mol. The Balaban J connectivity index is 1.71. The van der Waals surface area contributed by atoms with Gasteiger partial charge >= 0.3 is 16.1 Å². The summed E-state index contributed by atoms with van der Waals surface area (Å²) in [6.45, 7) is 12.1. The molecular formula is C35H40INO8S. The van der Waals surface area contributed by atoms with E-state index in [1.165, 1.54) is 12.1 Å². The van der Waals surface area contributed by atoms with Gasteiger partial charge in [-0.25, -0.2) is 0 Å². The van der Waals surface area contributed by atoms with Crippen molar-refractivity contribution in [3.63, 3.8) is 0 Å². The molecule has 11 heteroatoms. The van der Waals surface area contributed by atoms with Gasteiger partial charge in [0.2, 0.25) is 0 Å². The number of carboxylic acid groups (broad SMARTS) is 1. The van der Waals surface area contributed by atoms with Crippen molar-refractivity contribution in [2.24, 2.45) is 10.8 Å². The van der Waals surface area contributed by atoms with Crippen molar-refractivity contribution >= 4 is 50.2 Å². The highest BCUT2D eigenvalue weighted by Gasteiger charge is 2.49. The molecule has 0 radical (unpaired) electrons. The van der Waals surface area contributed by atoms with E-state index in [9.17, 15) is 27.9 Å². The van der Waals surface area contributed by atoms with E-state index in [1.807, 2.05) is 62.1 Å². The molecule has 0 aromatic heterocycles. The number of benzene rings is 2. The minimum atomic E-state index is -4.20. The summed E-state index contributed by atoms with van der Waals surface area (Å²) in [7, 11) is -4.20. The summed E-state index contributed by atoms with van der Waals surface area (Å²) in [4.78, 5) is 41.8. The van der Waals surface area contributed by atoms with E-state index in [1.54, 1.807) is 31.2 Å². The number of nitrogens with zero attached hydrogens (tertiary/aromatic N) is 1. The van der Waals surface area contributed by atoms with Crippen molar-refractivity contribution in [1.82, 2.24) is 4.90 Å². The van der Waals surface area contributed by atoms with Crippen LogP contribution in [0.4, 0.5) is 0 Å². The second-order valence-corrected chi connectivity index (χ2v) is 16.7. The van der Waals surface area contributed by atoms with Gasteiger partial charge in [-0.1, -0.05) is 45.4 Å². The zero-order valence-corrected chi connectivity index (χ0v) is 30.0. The molecule has 0 saturated heterocycles. The number of ether oxygens (including phenoxy) is 1. The molecule has 0 atom stereocenters. The van der Waals surface area contributed by atoms with Gasteiger partial charge in [0.25, 0.3) is 0 Å². The normalized spacial score (nSPS) is 19.6. The van der Waals surface area contributed by atoms with E-state index < -0.39 is 22.0 Å². The number of Topliss-reactive ketones (excluding diaryl/α,β-unsaturated/α-hetero) is 2. The van der Waals surface area contributed by atoms with Crippen molar-refractivity contribution in [2.45, 2.75) is 84.5 Å². The highest BCUT2D eigenvalue weighted by Crippen LogP contribution is 2.55. The van der Waals surface area contributed by atoms with Crippen LogP contribution in [0.5, 0.6) is 11.5 Å². The monoisotopic (exact) mass is 761 g/mol. The molecular weight excluding hydrogens is 721 g/mol. The molecule has 246 valence electrons. The lowest BCUT2D eigenvalue weighted by Gasteiger charge is -2.49. The van der Waals surface area contributed by atoms with Crippen LogP contribution in [-0.4, -0.2) is 49.1 Å². The van der Waals surface area contributed by atoms with Gasteiger partial charge in [0.15, 0.2) is 23.1 Å². The number of carbonyl (C=O) groups is 3. The highest BCUT2D eigenvalue weighted by molar-refractivity contribution is 14.1. The van der Waals surface area contributed by atoms with Gasteiger partial charge in [-0.3, -0.25) is 14.4 Å². The Morgan fingerprint density at radius 3 is 2.00 bits per heavy atom. The fraction of sp³-hybridized carbons (Fsp3) is 0.457. The van der Waals surface area contributed by atoms with E-state index >= 15 is 0 Å². The predicted octanol–water partition coefficient (Wildman–Crippen LogP) is 6.93. The first kappa shape index (κ1) is 34.2. The largest absolute Gasteiger partial charge is 0.490 e. The summed E-state index contributed by atoms with van der Waals surface area (Å²) in [5, 5.41) is 9.62. The lowest BCUT2D eigenvalue weighted by Crippen LogP contribution is -2.45. The number of rotatable bonds is 9. The molecule has 0 spiro atoms. The average Bonchev–Trinajstić information content (AvgIpc) is 2.92. The van der Waals surface area contributed by atoms with Gasteiger partial charge in [-0.05, 0) is 89.9 Å². The second kappa shape index (κ2) is 12.4. The van der Waals surface area contributed by atoms with Crippen LogP contribution in [0.2, 0.25) is 0 Å². The van der Waals surface area contributed by atoms with Crippen LogP contribution in [0.25, 0.3) is 0 Å². The Hall–Kier alpha value is -3.19. The molecule has 2 aromatic carbocycles. The summed E-state index contributed by atoms with van der Waals surface area (Å²) >= 11 is 2.01. The lowest BCUT2D eigenvalue weighted by molar-refractivity contribution is -0.137. The SMILES string of the molecule is CCOc1cc(C2C3=C(CC(C)(C)CC3=O)N(CCC(=O)O)C3=C2C(=O)CC(C)(C)C3)cc(I)c1OS(=O)(=O)c1ccc(C)cc1. The Bertz CT molecular complexity index is 1730. The van der Waals surface area contributed by atoms with E-state index in [2.05, 4.69) is 0 Å². The minimum absolute atomic E-state index is 0.00425. The van der Waals surface area contributed by atoms with E-state index in [4.69, 9.17) is 8.92 Å². The number of aryl methyl sites for hydroxylation is 1. The van der Waals surface area contributed by atoms with E-state index in [0.29, 0.717) is 33.1 Å². The van der Waals surface area contributed by atoms with E-state index in [-0.39, 0.29) is 71.2 Å². The first-order valence-electron chi connectivity index (χ1n) is 15.4. The molecule has 5 rings (SSSR count). The van der Waals surface area contributed by atoms with Crippen molar-refractivity contribution in [3.8, 4) is 11.5 Å². The number of ketones is 2. The quantitative estimate of drug-likeness (QED) is 0.214. The molecule has 1 heterocycles. The molecule has 0 saturated carbocycles. The Morgan fingerprint density at radius 1 is 0.957 bits per heavy atom. The number of hydrogen-bond donors (Lipinski definition) is 1. The summed E-state index contributed by atoms with van der Waals surface area (Å²) in [5.74, 6) is -1.63. The van der Waals surface area contributed by atoms with Gasteiger partial charge in [-0.2, -0.15) is 8.42 Å². The van der Waals surface area contributed by atoms with Crippen LogP contribution < -0.4 is 8.92 Å². The molecule has 0 unspecified atom stereocenters. The van der Waals surface area contributed by atoms with Crippen molar-refractivity contribution < 1.29 is 36.8 Å². The molecule has 2 aromatic rings.